The summed E-state index contributed by atoms with van der Waals surface area (Å²) >= 11 is 0. The molecule has 1 saturated heterocycles. The maximum atomic E-state index is 12.8. The predicted octanol–water partition coefficient (Wildman–Crippen LogP) is 1.91. The number of nitrogens with one attached hydrogen (secondary N) is 1. The van der Waals surface area contributed by atoms with Crippen LogP contribution in [0.5, 0.6) is 0 Å². The van der Waals surface area contributed by atoms with Crippen molar-refractivity contribution in [2.75, 3.05) is 6.54 Å². The number of ether oxygens (including phenoxy) is 1. The first-order chi connectivity index (χ1) is 9.81. The largest absolute Gasteiger partial charge is 0.444 e. The van der Waals surface area contributed by atoms with Gasteiger partial charge in [-0.15, -0.1) is 0 Å². The second kappa shape index (κ2) is 6.44. The van der Waals surface area contributed by atoms with Crippen molar-refractivity contribution in [2.45, 2.75) is 78.7 Å². The first-order valence-electron chi connectivity index (χ1n) is 7.79. The van der Waals surface area contributed by atoms with E-state index in [1.807, 2.05) is 27.7 Å². The Bertz CT molecular complexity index is 423. The molecule has 6 heteroatoms. The molecule has 1 aliphatic heterocycles. The highest BCUT2D eigenvalue weighted by Gasteiger charge is 2.41. The van der Waals surface area contributed by atoms with Crippen LogP contribution in [-0.2, 0) is 9.53 Å². The van der Waals surface area contributed by atoms with Crippen LogP contribution in [0, 0.1) is 5.41 Å². The summed E-state index contributed by atoms with van der Waals surface area (Å²) in [6, 6.07) is -0.733. The van der Waals surface area contributed by atoms with Gasteiger partial charge in [0.15, 0.2) is 0 Å². The van der Waals surface area contributed by atoms with Crippen molar-refractivity contribution < 1.29 is 19.4 Å². The summed E-state index contributed by atoms with van der Waals surface area (Å²) in [5.74, 6) is -0.178. The van der Waals surface area contributed by atoms with Gasteiger partial charge in [0.25, 0.3) is 0 Å². The molecular formula is C16H30N2O4. The lowest BCUT2D eigenvalue weighted by Gasteiger charge is -2.35. The monoisotopic (exact) mass is 314 g/mol. The third kappa shape index (κ3) is 5.16. The minimum atomic E-state index is -0.699. The summed E-state index contributed by atoms with van der Waals surface area (Å²) < 4.78 is 5.25. The quantitative estimate of drug-likeness (QED) is 0.816. The fourth-order valence-electron chi connectivity index (χ4n) is 2.55. The minimum absolute atomic E-state index is 0.0345. The summed E-state index contributed by atoms with van der Waals surface area (Å²) in [5, 5.41) is 12.4. The van der Waals surface area contributed by atoms with Crippen LogP contribution in [-0.4, -0.2) is 52.3 Å². The Morgan fingerprint density at radius 2 is 1.77 bits per heavy atom. The molecule has 1 fully saturated rings. The van der Waals surface area contributed by atoms with Crippen molar-refractivity contribution in [1.82, 2.24) is 10.2 Å². The number of rotatable bonds is 2. The Morgan fingerprint density at radius 3 is 2.14 bits per heavy atom. The molecule has 0 saturated carbocycles. The van der Waals surface area contributed by atoms with E-state index in [4.69, 9.17) is 4.74 Å². The van der Waals surface area contributed by atoms with Gasteiger partial charge in [0.1, 0.15) is 11.6 Å². The van der Waals surface area contributed by atoms with E-state index in [2.05, 4.69) is 5.32 Å². The zero-order valence-electron chi connectivity index (χ0n) is 14.8. The highest BCUT2D eigenvalue weighted by Crippen LogP contribution is 2.26. The van der Waals surface area contributed by atoms with E-state index < -0.39 is 29.3 Å². The number of carbonyl (C=O) groups excluding carboxylic acids is 2. The van der Waals surface area contributed by atoms with Gasteiger partial charge in [-0.05, 0) is 39.5 Å². The van der Waals surface area contributed by atoms with E-state index in [0.717, 1.165) is 0 Å². The van der Waals surface area contributed by atoms with Gasteiger partial charge < -0.3 is 20.1 Å². The Kier molecular flexibility index (Phi) is 5.49. The summed E-state index contributed by atoms with van der Waals surface area (Å²) in [6.07, 6.45) is -0.538. The second-order valence-corrected chi connectivity index (χ2v) is 8.17. The topological polar surface area (TPSA) is 78.9 Å². The van der Waals surface area contributed by atoms with Crippen molar-refractivity contribution >= 4 is 12.0 Å². The molecule has 22 heavy (non-hydrogen) atoms. The molecule has 3 atom stereocenters. The lowest BCUT2D eigenvalue weighted by Crippen LogP contribution is -2.56. The normalized spacial score (nSPS) is 24.1. The number of amides is 2. The van der Waals surface area contributed by atoms with Crippen molar-refractivity contribution in [2.24, 2.45) is 5.41 Å². The van der Waals surface area contributed by atoms with Crippen LogP contribution in [0.4, 0.5) is 4.79 Å². The number of hydrogen-bond donors (Lipinski definition) is 2. The van der Waals surface area contributed by atoms with Gasteiger partial charge in [-0.25, -0.2) is 4.79 Å². The summed E-state index contributed by atoms with van der Waals surface area (Å²) in [5.41, 5.74) is -1.08. The molecule has 6 nitrogen and oxygen atoms in total. The molecule has 1 rings (SSSR count). The number of likely N-dealkylation sites (tertiary alicyclic amines) is 1. The molecule has 0 aromatic heterocycles. The summed E-state index contributed by atoms with van der Waals surface area (Å²) in [6.45, 7) is 13.2. The van der Waals surface area contributed by atoms with Crippen LogP contribution in [0.15, 0.2) is 0 Å². The standard InChI is InChI=1S/C16H30N2O4/c1-10-8-11(19)9-18(10)13(20)12(15(2,3)4)17-14(21)22-16(5,6)7/h10-12,19H,8-9H2,1-7H3,(H,17,21)/t10-,11-,12-/m1/s1. The molecule has 0 spiro atoms. The fourth-order valence-corrected chi connectivity index (χ4v) is 2.55. The smallest absolute Gasteiger partial charge is 0.408 e. The number of alkyl carbamates (subject to hydrolysis) is 1. The average Bonchev–Trinajstić information content (AvgIpc) is 2.60. The summed E-state index contributed by atoms with van der Waals surface area (Å²) in [4.78, 5) is 26.5. The van der Waals surface area contributed by atoms with Crippen molar-refractivity contribution in [3.05, 3.63) is 0 Å². The highest BCUT2D eigenvalue weighted by atomic mass is 16.6. The Hall–Kier alpha value is -1.30. The molecule has 0 radical (unpaired) electrons. The zero-order chi connectivity index (χ0) is 17.3. The first kappa shape index (κ1) is 18.7. The SMILES string of the molecule is C[C@@H]1C[C@@H](O)CN1C(=O)[C@@H](NC(=O)OC(C)(C)C)C(C)(C)C. The molecule has 1 aliphatic rings. The van der Waals surface area contributed by atoms with Gasteiger partial charge in [-0.1, -0.05) is 20.8 Å². The van der Waals surface area contributed by atoms with Gasteiger partial charge in [-0.3, -0.25) is 4.79 Å². The van der Waals surface area contributed by atoms with Crippen LogP contribution in [0.3, 0.4) is 0 Å². The lowest BCUT2D eigenvalue weighted by molar-refractivity contribution is -0.137. The molecule has 1 heterocycles. The van der Waals surface area contributed by atoms with E-state index in [9.17, 15) is 14.7 Å². The fraction of sp³-hybridized carbons (Fsp3) is 0.875. The summed E-state index contributed by atoms with van der Waals surface area (Å²) in [7, 11) is 0. The van der Waals surface area contributed by atoms with Gasteiger partial charge in [-0.2, -0.15) is 0 Å². The van der Waals surface area contributed by atoms with Crippen LogP contribution in [0.2, 0.25) is 0 Å². The van der Waals surface area contributed by atoms with Gasteiger partial charge in [0.05, 0.1) is 6.10 Å². The number of aliphatic hydroxyl groups excluding tert-OH is 1. The molecule has 128 valence electrons. The molecule has 2 N–H and O–H groups in total. The Morgan fingerprint density at radius 1 is 1.23 bits per heavy atom. The lowest BCUT2D eigenvalue weighted by atomic mass is 9.85. The van der Waals surface area contributed by atoms with Crippen LogP contribution in [0.25, 0.3) is 0 Å². The zero-order valence-corrected chi connectivity index (χ0v) is 14.8. The van der Waals surface area contributed by atoms with E-state index in [-0.39, 0.29) is 11.9 Å². The van der Waals surface area contributed by atoms with Crippen LogP contribution < -0.4 is 5.32 Å². The average molecular weight is 314 g/mol. The van der Waals surface area contributed by atoms with Crippen LogP contribution in [0.1, 0.15) is 54.9 Å². The third-order valence-corrected chi connectivity index (χ3v) is 3.61. The number of carbonyl (C=O) groups is 2. The van der Waals surface area contributed by atoms with Crippen molar-refractivity contribution in [1.29, 1.82) is 0 Å². The molecule has 0 bridgehead atoms. The van der Waals surface area contributed by atoms with E-state index in [1.165, 1.54) is 0 Å². The van der Waals surface area contributed by atoms with Gasteiger partial charge in [0.2, 0.25) is 5.91 Å². The minimum Gasteiger partial charge on any atom is -0.444 e. The highest BCUT2D eigenvalue weighted by molar-refractivity contribution is 5.87. The molecule has 2 amide bonds. The molecule has 0 aromatic rings. The maximum absolute atomic E-state index is 12.8. The Labute approximate surface area is 133 Å². The van der Waals surface area contributed by atoms with Crippen LogP contribution >= 0.6 is 0 Å². The van der Waals surface area contributed by atoms with Gasteiger partial charge in [0, 0.05) is 12.6 Å². The maximum Gasteiger partial charge on any atom is 0.408 e. The predicted molar refractivity (Wildman–Crippen MR) is 84.4 cm³/mol. The number of hydrogen-bond acceptors (Lipinski definition) is 4. The van der Waals surface area contributed by atoms with E-state index in [1.54, 1.807) is 25.7 Å². The van der Waals surface area contributed by atoms with E-state index in [0.29, 0.717) is 13.0 Å². The van der Waals surface area contributed by atoms with Gasteiger partial charge >= 0.3 is 6.09 Å². The molecule has 0 unspecified atom stereocenters. The van der Waals surface area contributed by atoms with Crippen molar-refractivity contribution in [3.8, 4) is 0 Å². The molecule has 0 aliphatic carbocycles. The Balaban J connectivity index is 2.86. The molecule has 0 aromatic carbocycles. The number of nitrogens with zero attached hydrogens (tertiary/aromatic N) is 1. The third-order valence-electron chi connectivity index (χ3n) is 3.61. The number of β-amino-alcohol motifs (C(OH)–C–C–N with tert-alkyl or cyclic N) is 1. The first-order valence-corrected chi connectivity index (χ1v) is 7.79. The molecular weight excluding hydrogens is 284 g/mol. The van der Waals surface area contributed by atoms with Crippen molar-refractivity contribution in [3.63, 3.8) is 0 Å². The van der Waals surface area contributed by atoms with E-state index >= 15 is 0 Å². The second-order valence-electron chi connectivity index (χ2n) is 8.17. The number of aliphatic hydroxyl groups is 1.